The third-order valence-electron chi connectivity index (χ3n) is 7.70. The number of methoxy groups -OCH3 is 1. The molecule has 3 heterocycles. The van der Waals surface area contributed by atoms with Gasteiger partial charge >= 0.3 is 0 Å². The second kappa shape index (κ2) is 11.1. The molecule has 1 amide bonds. The zero-order valence-corrected chi connectivity index (χ0v) is 23.8. The molecule has 0 saturated carbocycles. The van der Waals surface area contributed by atoms with Crippen LogP contribution in [0.15, 0.2) is 48.7 Å². The van der Waals surface area contributed by atoms with Gasteiger partial charge in [0.25, 0.3) is 5.91 Å². The second-order valence-corrected chi connectivity index (χ2v) is 14.8. The highest BCUT2D eigenvalue weighted by molar-refractivity contribution is 6.71. The smallest absolute Gasteiger partial charge is 0.269 e. The lowest BCUT2D eigenvalue weighted by Gasteiger charge is -2.44. The molecular formula is C28H36N4O6Si. The molecule has 4 atom stereocenters. The molecule has 3 aromatic rings. The van der Waals surface area contributed by atoms with Crippen molar-refractivity contribution in [3.8, 4) is 11.5 Å². The van der Waals surface area contributed by atoms with Gasteiger partial charge in [-0.3, -0.25) is 14.4 Å². The van der Waals surface area contributed by atoms with Crippen LogP contribution in [0.1, 0.15) is 30.7 Å². The number of aryl methyl sites for hydroxylation is 1. The monoisotopic (exact) mass is 552 g/mol. The molecule has 0 radical (unpaired) electrons. The van der Waals surface area contributed by atoms with E-state index in [9.17, 15) is 14.7 Å². The molecule has 0 saturated heterocycles. The van der Waals surface area contributed by atoms with E-state index in [2.05, 4.69) is 17.2 Å². The van der Waals surface area contributed by atoms with Crippen LogP contribution in [0.3, 0.4) is 0 Å². The summed E-state index contributed by atoms with van der Waals surface area (Å²) in [5.74, 6) is 1.15. The summed E-state index contributed by atoms with van der Waals surface area (Å²) in [6.45, 7) is 6.54. The van der Waals surface area contributed by atoms with Gasteiger partial charge < -0.3 is 24.1 Å². The Morgan fingerprint density at radius 3 is 2.74 bits per heavy atom. The maximum Gasteiger partial charge on any atom is 0.269 e. The molecule has 0 fully saturated rings. The van der Waals surface area contributed by atoms with Crippen molar-refractivity contribution < 1.29 is 28.9 Å². The Labute approximate surface area is 229 Å². The van der Waals surface area contributed by atoms with Gasteiger partial charge in [-0.1, -0.05) is 24.3 Å². The van der Waals surface area contributed by atoms with Gasteiger partial charge in [0.15, 0.2) is 14.9 Å². The van der Waals surface area contributed by atoms with Crippen LogP contribution in [0.25, 0.3) is 0 Å². The van der Waals surface area contributed by atoms with Gasteiger partial charge in [-0.05, 0) is 49.8 Å². The van der Waals surface area contributed by atoms with Gasteiger partial charge in [-0.25, -0.2) is 0 Å². The van der Waals surface area contributed by atoms with E-state index in [1.165, 1.54) is 0 Å². The third-order valence-corrected chi connectivity index (χ3v) is 10.1. The van der Waals surface area contributed by atoms with E-state index in [0.717, 1.165) is 16.9 Å². The fourth-order valence-corrected chi connectivity index (χ4v) is 7.77. The molecule has 208 valence electrons. The molecule has 1 unspecified atom stereocenters. The van der Waals surface area contributed by atoms with Crippen molar-refractivity contribution in [1.82, 2.24) is 15.0 Å². The Hall–Kier alpha value is -3.25. The van der Waals surface area contributed by atoms with Gasteiger partial charge in [0.2, 0.25) is 0 Å². The normalized spacial score (nSPS) is 21.5. The maximum absolute atomic E-state index is 12.9. The molecule has 39 heavy (non-hydrogen) atoms. The number of hydrogen-bond acceptors (Lipinski definition) is 8. The average Bonchev–Trinajstić information content (AvgIpc) is 3.35. The second-order valence-electron chi connectivity index (χ2n) is 10.8. The molecular weight excluding hydrogens is 516 g/mol. The number of ether oxygens (including phenoxy) is 3. The summed E-state index contributed by atoms with van der Waals surface area (Å²) < 4.78 is 20.0. The maximum atomic E-state index is 12.9. The lowest BCUT2D eigenvalue weighted by atomic mass is 9.86. The average molecular weight is 553 g/mol. The number of amides is 1. The minimum absolute atomic E-state index is 0.0249. The molecule has 2 aromatic carbocycles. The van der Waals surface area contributed by atoms with E-state index >= 15 is 0 Å². The number of carbonyl (C=O) groups excluding carboxylic acids is 1. The summed E-state index contributed by atoms with van der Waals surface area (Å²) in [5.41, 5.74) is 2.94. The first-order valence-corrected chi connectivity index (χ1v) is 16.3. The van der Waals surface area contributed by atoms with Crippen LogP contribution >= 0.6 is 0 Å². The number of benzene rings is 2. The molecule has 5 rings (SSSR count). The minimum Gasteiger partial charge on any atom is -0.490 e. The van der Waals surface area contributed by atoms with Crippen LogP contribution < -0.4 is 14.4 Å². The van der Waals surface area contributed by atoms with Crippen LogP contribution in [0.2, 0.25) is 18.6 Å². The summed E-state index contributed by atoms with van der Waals surface area (Å²) in [4.78, 5) is 25.9. The predicted octanol–water partition coefficient (Wildman–Crippen LogP) is 3.61. The zero-order chi connectivity index (χ0) is 27.7. The summed E-state index contributed by atoms with van der Waals surface area (Å²) in [5, 5.41) is 17.5. The van der Waals surface area contributed by atoms with Crippen molar-refractivity contribution in [2.45, 2.75) is 57.2 Å². The Morgan fingerprint density at radius 1 is 1.21 bits per heavy atom. The molecule has 1 aromatic heterocycles. The quantitative estimate of drug-likeness (QED) is 0.387. The van der Waals surface area contributed by atoms with Gasteiger partial charge in [-0.15, -0.1) is 5.10 Å². The van der Waals surface area contributed by atoms with Crippen molar-refractivity contribution in [1.29, 1.82) is 0 Å². The predicted molar refractivity (Wildman–Crippen MR) is 148 cm³/mol. The van der Waals surface area contributed by atoms with Gasteiger partial charge in [-0.2, -0.15) is 0 Å². The number of aliphatic hydroxyl groups excluding tert-OH is 1. The highest BCUT2D eigenvalue weighted by Gasteiger charge is 2.46. The van der Waals surface area contributed by atoms with E-state index in [0.29, 0.717) is 36.6 Å². The van der Waals surface area contributed by atoms with Gasteiger partial charge in [0.1, 0.15) is 17.6 Å². The largest absolute Gasteiger partial charge is 0.490 e. The van der Waals surface area contributed by atoms with E-state index < -0.39 is 8.32 Å². The molecule has 0 bridgehead atoms. The summed E-state index contributed by atoms with van der Waals surface area (Å²) >= 11 is 0. The number of aromatic nitrogens is 3. The highest BCUT2D eigenvalue weighted by atomic mass is 28.4. The van der Waals surface area contributed by atoms with E-state index in [4.69, 9.17) is 14.2 Å². The van der Waals surface area contributed by atoms with Gasteiger partial charge in [0.05, 0.1) is 17.5 Å². The number of rotatable bonds is 9. The number of anilines is 2. The number of para-hydroxylation sites is 2. The lowest BCUT2D eigenvalue weighted by Crippen LogP contribution is -2.48. The van der Waals surface area contributed by atoms with E-state index in [1.54, 1.807) is 16.7 Å². The standard InChI is InChI=1S/C28H36N4O6Si/c1-18-27(36-2)21-15-20(32-22-7-5-6-8-24(22)37-17-26(32)34)9-10-23(21)38-28(18)25(39(3,4)35)11-13-31-16-19(12-14-33)29-30-31/h5-10,15-16,18,25,27-28,33,35H,11-14,17H2,1-4H3/t18-,25?,27-,28-/m1/s1. The Kier molecular flexibility index (Phi) is 7.77. The highest BCUT2D eigenvalue weighted by Crippen LogP contribution is 2.48. The number of nitrogens with zero attached hydrogens (tertiary/aromatic N) is 4. The van der Waals surface area contributed by atoms with Crippen molar-refractivity contribution in [3.63, 3.8) is 0 Å². The number of hydrogen-bond donors (Lipinski definition) is 2. The van der Waals surface area contributed by atoms with Crippen molar-refractivity contribution >= 4 is 25.6 Å². The molecule has 11 heteroatoms. The molecule has 10 nitrogen and oxygen atoms in total. The van der Waals surface area contributed by atoms with Crippen molar-refractivity contribution in [2.24, 2.45) is 5.92 Å². The molecule has 0 spiro atoms. The first-order valence-electron chi connectivity index (χ1n) is 13.3. The number of aliphatic hydroxyl groups is 1. The number of carbonyl (C=O) groups is 1. The molecule has 2 aliphatic rings. The summed E-state index contributed by atoms with van der Waals surface area (Å²) in [6.07, 6.45) is 2.40. The van der Waals surface area contributed by atoms with Crippen LogP contribution in [0.4, 0.5) is 11.4 Å². The topological polar surface area (TPSA) is 119 Å². The lowest BCUT2D eigenvalue weighted by molar-refractivity contribution is -0.120. The number of fused-ring (bicyclic) bond motifs is 2. The Morgan fingerprint density at radius 2 is 2.00 bits per heavy atom. The first-order chi connectivity index (χ1) is 18.7. The minimum atomic E-state index is -2.68. The summed E-state index contributed by atoms with van der Waals surface area (Å²) in [6, 6.07) is 13.2. The fourth-order valence-electron chi connectivity index (χ4n) is 5.76. The van der Waals surface area contributed by atoms with E-state index in [-0.39, 0.29) is 42.8 Å². The molecule has 0 aliphatic carbocycles. The Bertz CT molecular complexity index is 1330. The SMILES string of the molecule is CO[C@H]1c2cc(N3C(=O)COc4ccccc43)ccc2O[C@@H](C(CCn2cc(CCO)nn2)[Si](C)(C)O)[C@@H]1C. The molecule has 2 aliphatic heterocycles. The van der Waals surface area contributed by atoms with Crippen molar-refractivity contribution in [2.75, 3.05) is 25.2 Å². The first kappa shape index (κ1) is 27.3. The molecule has 2 N–H and O–H groups in total. The van der Waals surface area contributed by atoms with Crippen molar-refractivity contribution in [3.05, 3.63) is 59.9 Å². The van der Waals surface area contributed by atoms with E-state index in [1.807, 2.05) is 61.8 Å². The zero-order valence-electron chi connectivity index (χ0n) is 22.8. The fraction of sp³-hybridized carbons (Fsp3) is 0.464. The van der Waals surface area contributed by atoms with Crippen LogP contribution in [0.5, 0.6) is 11.5 Å². The third kappa shape index (κ3) is 5.44. The van der Waals surface area contributed by atoms with Crippen LogP contribution in [-0.2, 0) is 22.5 Å². The Balaban J connectivity index is 1.43. The van der Waals surface area contributed by atoms with Crippen LogP contribution in [0, 0.1) is 5.92 Å². The van der Waals surface area contributed by atoms with Crippen LogP contribution in [-0.4, -0.2) is 65.5 Å². The van der Waals surface area contributed by atoms with Gasteiger partial charge in [0, 0.05) is 55.6 Å². The summed E-state index contributed by atoms with van der Waals surface area (Å²) in [7, 11) is -0.993.